The quantitative estimate of drug-likeness (QED) is 0.602. The number of fused-ring (bicyclic) bond motifs is 1. The lowest BCUT2D eigenvalue weighted by Gasteiger charge is -2.51. The van der Waals surface area contributed by atoms with Crippen LogP contribution in [0.2, 0.25) is 0 Å². The Morgan fingerprint density at radius 3 is 2.80 bits per heavy atom. The predicted molar refractivity (Wildman–Crippen MR) is 147 cm³/mol. The van der Waals surface area contributed by atoms with Crippen LogP contribution in [0.1, 0.15) is 67.0 Å². The highest BCUT2D eigenvalue weighted by Crippen LogP contribution is 2.40. The molecule has 1 aromatic heterocycles. The number of hydrogen-bond donors (Lipinski definition) is 2. The van der Waals surface area contributed by atoms with Crippen LogP contribution in [0.5, 0.6) is 0 Å². The van der Waals surface area contributed by atoms with Gasteiger partial charge in [-0.3, -0.25) is 9.69 Å². The molecule has 0 unspecified atom stereocenters. The summed E-state index contributed by atoms with van der Waals surface area (Å²) in [4.78, 5) is 36.2. The molecule has 2 saturated heterocycles. The summed E-state index contributed by atoms with van der Waals surface area (Å²) in [5, 5.41) is 3.26. The van der Waals surface area contributed by atoms with Gasteiger partial charge in [0.25, 0.3) is 5.56 Å². The predicted octanol–water partition coefficient (Wildman–Crippen LogP) is 3.70. The van der Waals surface area contributed by atoms with E-state index in [1.807, 2.05) is 18.0 Å². The van der Waals surface area contributed by atoms with E-state index in [-0.39, 0.29) is 28.7 Å². The molecule has 1 aliphatic carbocycles. The number of rotatable bonds is 4. The minimum Gasteiger partial charge on any atom is -0.376 e. The molecule has 216 valence electrons. The Hall–Kier alpha value is -2.82. The van der Waals surface area contributed by atoms with E-state index in [9.17, 15) is 18.4 Å². The van der Waals surface area contributed by atoms with Crippen LogP contribution in [0.3, 0.4) is 0 Å². The number of halogens is 2. The van der Waals surface area contributed by atoms with Crippen LogP contribution in [0.15, 0.2) is 29.1 Å². The molecule has 0 radical (unpaired) electrons. The highest BCUT2D eigenvalue weighted by Gasteiger charge is 2.46. The first-order valence-electron chi connectivity index (χ1n) is 14.6. The molecule has 4 heterocycles. The van der Waals surface area contributed by atoms with E-state index in [1.165, 1.54) is 6.07 Å². The number of aromatic nitrogens is 1. The van der Waals surface area contributed by atoms with Crippen molar-refractivity contribution in [2.24, 2.45) is 0 Å². The minimum atomic E-state index is -0.539. The third kappa shape index (κ3) is 5.17. The summed E-state index contributed by atoms with van der Waals surface area (Å²) in [5.74, 6) is -0.990. The molecule has 6 rings (SSSR count). The second-order valence-electron chi connectivity index (χ2n) is 11.9. The first-order chi connectivity index (χ1) is 19.4. The number of piperazine rings is 1. The molecule has 2 aromatic rings. The number of amides is 2. The monoisotopic (exact) mass is 555 g/mol. The minimum absolute atomic E-state index is 0.0420. The Balaban J connectivity index is 1.23. The van der Waals surface area contributed by atoms with Gasteiger partial charge in [0.2, 0.25) is 0 Å². The normalized spacial score (nSPS) is 24.9. The molecular formula is C30H39F2N5O3. The number of carbonyl (C=O) groups is 1. The molecule has 1 spiro atoms. The third-order valence-corrected chi connectivity index (χ3v) is 9.58. The zero-order chi connectivity index (χ0) is 27.9. The van der Waals surface area contributed by atoms with Crippen LogP contribution >= 0.6 is 0 Å². The summed E-state index contributed by atoms with van der Waals surface area (Å²) in [6.07, 6.45) is 6.10. The van der Waals surface area contributed by atoms with E-state index in [2.05, 4.69) is 15.2 Å². The molecular weight excluding hydrogens is 516 g/mol. The molecule has 1 aromatic carbocycles. The number of pyridine rings is 1. The van der Waals surface area contributed by atoms with Crippen molar-refractivity contribution in [2.45, 2.75) is 75.7 Å². The summed E-state index contributed by atoms with van der Waals surface area (Å²) in [7, 11) is 1.87. The number of ether oxygens (including phenoxy) is 1. The molecule has 2 N–H and O–H groups in total. The number of piperidine rings is 1. The Bertz CT molecular complexity index is 1310. The maximum Gasteiger partial charge on any atom is 0.320 e. The first-order valence-corrected chi connectivity index (χ1v) is 14.6. The molecule has 40 heavy (non-hydrogen) atoms. The lowest BCUT2D eigenvalue weighted by molar-refractivity contribution is -0.00247. The average Bonchev–Trinajstić information content (AvgIpc) is 3.43. The van der Waals surface area contributed by atoms with Crippen LogP contribution in [-0.2, 0) is 24.3 Å². The van der Waals surface area contributed by atoms with Gasteiger partial charge in [-0.25, -0.2) is 13.6 Å². The molecule has 10 heteroatoms. The SMILES string of the molecule is CN[C@@H]1CCN(C(=O)N2CCN(Cc3cc4c([nH]c3=O)CCOC4)C3(CCCC3)C2)[C@H](c2cc(F)ccc2F)C1. The van der Waals surface area contributed by atoms with Gasteiger partial charge in [0, 0.05) is 67.5 Å². The standard InChI is InChI=1S/C30H39F2N5O3/c1-33-23-6-10-37(27(16-23)24-15-22(31)4-5-25(24)32)29(39)35-11-12-36(30(19-35)8-2-3-9-30)17-20-14-21-18-40-13-7-26(21)34-28(20)38/h4-5,14-15,23,27,33H,2-3,6-13,16-19H2,1H3,(H,34,38)/t23-,27+/m1/s1. The zero-order valence-corrected chi connectivity index (χ0v) is 23.2. The van der Waals surface area contributed by atoms with Gasteiger partial charge in [-0.05, 0) is 62.6 Å². The third-order valence-electron chi connectivity index (χ3n) is 9.58. The Morgan fingerprint density at radius 1 is 1.18 bits per heavy atom. The molecule has 1 saturated carbocycles. The molecule has 8 nitrogen and oxygen atoms in total. The second kappa shape index (κ2) is 11.2. The van der Waals surface area contributed by atoms with Crippen molar-refractivity contribution in [1.82, 2.24) is 25.0 Å². The fourth-order valence-electron chi connectivity index (χ4n) is 7.33. The topological polar surface area (TPSA) is 80.9 Å². The molecule has 0 bridgehead atoms. The first kappa shape index (κ1) is 27.4. The van der Waals surface area contributed by atoms with Crippen LogP contribution in [0.4, 0.5) is 13.6 Å². The largest absolute Gasteiger partial charge is 0.376 e. The van der Waals surface area contributed by atoms with Crippen molar-refractivity contribution < 1.29 is 18.3 Å². The van der Waals surface area contributed by atoms with Crippen molar-refractivity contribution >= 4 is 6.03 Å². The van der Waals surface area contributed by atoms with E-state index in [4.69, 9.17) is 4.74 Å². The van der Waals surface area contributed by atoms with E-state index < -0.39 is 17.7 Å². The van der Waals surface area contributed by atoms with Gasteiger partial charge in [-0.1, -0.05) is 12.8 Å². The average molecular weight is 556 g/mol. The molecule has 2 atom stereocenters. The molecule has 2 amide bonds. The van der Waals surface area contributed by atoms with Gasteiger partial charge in [-0.15, -0.1) is 0 Å². The lowest BCUT2D eigenvalue weighted by Crippen LogP contribution is -2.64. The Kier molecular flexibility index (Phi) is 7.67. The van der Waals surface area contributed by atoms with E-state index >= 15 is 0 Å². The summed E-state index contributed by atoms with van der Waals surface area (Å²) < 4.78 is 34.7. The van der Waals surface area contributed by atoms with Crippen LogP contribution < -0.4 is 10.9 Å². The van der Waals surface area contributed by atoms with Crippen molar-refractivity contribution in [1.29, 1.82) is 0 Å². The number of likely N-dealkylation sites (tertiary alicyclic amines) is 1. The van der Waals surface area contributed by atoms with E-state index in [0.29, 0.717) is 52.4 Å². The fourth-order valence-corrected chi connectivity index (χ4v) is 7.33. The van der Waals surface area contributed by atoms with Crippen molar-refractivity contribution in [2.75, 3.05) is 39.8 Å². The molecule has 3 fully saturated rings. The van der Waals surface area contributed by atoms with E-state index in [1.54, 1.807) is 4.90 Å². The van der Waals surface area contributed by atoms with Gasteiger partial charge in [0.15, 0.2) is 0 Å². The zero-order valence-electron chi connectivity index (χ0n) is 23.2. The number of benzene rings is 1. The highest BCUT2D eigenvalue weighted by molar-refractivity contribution is 5.75. The summed E-state index contributed by atoms with van der Waals surface area (Å²) in [6.45, 7) is 3.91. The number of H-pyrrole nitrogens is 1. The van der Waals surface area contributed by atoms with Gasteiger partial charge >= 0.3 is 6.03 Å². The van der Waals surface area contributed by atoms with Crippen LogP contribution in [0, 0.1) is 11.6 Å². The number of nitrogens with zero attached hydrogens (tertiary/aromatic N) is 3. The summed E-state index contributed by atoms with van der Waals surface area (Å²) in [6, 6.07) is 4.97. The van der Waals surface area contributed by atoms with Gasteiger partial charge in [-0.2, -0.15) is 0 Å². The summed E-state index contributed by atoms with van der Waals surface area (Å²) in [5.41, 5.74) is 2.76. The van der Waals surface area contributed by atoms with Gasteiger partial charge in [0.05, 0.1) is 19.3 Å². The van der Waals surface area contributed by atoms with Crippen molar-refractivity contribution in [3.05, 3.63) is 68.6 Å². The smallest absolute Gasteiger partial charge is 0.320 e. The highest BCUT2D eigenvalue weighted by atomic mass is 19.1. The molecule has 4 aliphatic rings. The lowest BCUT2D eigenvalue weighted by atomic mass is 9.90. The van der Waals surface area contributed by atoms with Crippen LogP contribution in [0.25, 0.3) is 0 Å². The number of carbonyl (C=O) groups excluding carboxylic acids is 1. The summed E-state index contributed by atoms with van der Waals surface area (Å²) >= 11 is 0. The maximum absolute atomic E-state index is 14.9. The van der Waals surface area contributed by atoms with Gasteiger partial charge < -0.3 is 24.8 Å². The maximum atomic E-state index is 14.9. The van der Waals surface area contributed by atoms with Crippen molar-refractivity contribution in [3.8, 4) is 0 Å². The number of nitrogens with one attached hydrogen (secondary N) is 2. The Labute approximate surface area is 233 Å². The Morgan fingerprint density at radius 2 is 2.00 bits per heavy atom. The number of aromatic amines is 1. The second-order valence-corrected chi connectivity index (χ2v) is 11.9. The van der Waals surface area contributed by atoms with E-state index in [0.717, 1.165) is 67.5 Å². The van der Waals surface area contributed by atoms with Crippen LogP contribution in [-0.4, -0.2) is 77.1 Å². The van der Waals surface area contributed by atoms with Crippen molar-refractivity contribution in [3.63, 3.8) is 0 Å². The molecule has 3 aliphatic heterocycles. The van der Waals surface area contributed by atoms with Gasteiger partial charge in [0.1, 0.15) is 11.6 Å². The fraction of sp³-hybridized carbons (Fsp3) is 0.600. The number of hydrogen-bond acceptors (Lipinski definition) is 5. The number of urea groups is 1.